The summed E-state index contributed by atoms with van der Waals surface area (Å²) in [5, 5.41) is 22.2. The van der Waals surface area contributed by atoms with Gasteiger partial charge in [-0.25, -0.2) is 9.88 Å². The summed E-state index contributed by atoms with van der Waals surface area (Å²) >= 11 is 3.04. The molecular weight excluding hydrogens is 404 g/mol. The predicted octanol–water partition coefficient (Wildman–Crippen LogP) is 3.76. The highest BCUT2D eigenvalue weighted by Crippen LogP contribution is 2.41. The van der Waals surface area contributed by atoms with Gasteiger partial charge >= 0.3 is 0 Å². The number of hydrogen-bond acceptors (Lipinski definition) is 6. The Bertz CT molecular complexity index is 1020. The van der Waals surface area contributed by atoms with Crippen LogP contribution in [0.25, 0.3) is 11.3 Å². The molecular formula is C21H22N4O2S2. The van der Waals surface area contributed by atoms with Gasteiger partial charge < -0.3 is 5.11 Å². The minimum atomic E-state index is -0.500. The molecule has 1 aromatic carbocycles. The number of amides is 1. The Morgan fingerprint density at radius 1 is 1.31 bits per heavy atom. The number of benzene rings is 1. The first-order valence-corrected chi connectivity index (χ1v) is 11.7. The van der Waals surface area contributed by atoms with Crippen molar-refractivity contribution in [1.29, 1.82) is 0 Å². The average molecular weight is 427 g/mol. The fraction of sp³-hybridized carbons (Fsp3) is 0.333. The van der Waals surface area contributed by atoms with E-state index in [9.17, 15) is 9.90 Å². The van der Waals surface area contributed by atoms with Crippen molar-refractivity contribution in [3.8, 4) is 17.1 Å². The lowest BCUT2D eigenvalue weighted by Gasteiger charge is -2.33. The van der Waals surface area contributed by atoms with Gasteiger partial charge in [0, 0.05) is 22.7 Å². The molecule has 0 N–H and O–H groups in total. The molecule has 0 radical (unpaired) electrons. The fourth-order valence-electron chi connectivity index (χ4n) is 3.47. The van der Waals surface area contributed by atoms with Gasteiger partial charge in [-0.1, -0.05) is 48.8 Å². The molecule has 1 aliphatic heterocycles. The van der Waals surface area contributed by atoms with Crippen LogP contribution in [0.15, 0.2) is 46.2 Å². The van der Waals surface area contributed by atoms with Crippen LogP contribution < -0.4 is 14.7 Å². The summed E-state index contributed by atoms with van der Waals surface area (Å²) < 4.78 is 1.70. The first-order chi connectivity index (χ1) is 14.2. The van der Waals surface area contributed by atoms with Crippen LogP contribution in [-0.2, 0) is 4.79 Å². The molecule has 2 aromatic heterocycles. The van der Waals surface area contributed by atoms with Gasteiger partial charge in [0.2, 0.25) is 5.91 Å². The van der Waals surface area contributed by atoms with Gasteiger partial charge in [0.25, 0.3) is 17.0 Å². The van der Waals surface area contributed by atoms with Crippen LogP contribution in [-0.4, -0.2) is 21.7 Å². The summed E-state index contributed by atoms with van der Waals surface area (Å²) in [5.41, 5.74) is 2.77. The summed E-state index contributed by atoms with van der Waals surface area (Å²) in [6.07, 6.45) is 1.96. The number of unbranched alkanes of at least 4 members (excludes halogenated alkanes) is 1. The minimum absolute atomic E-state index is 0.0157. The molecule has 150 valence electrons. The molecule has 29 heavy (non-hydrogen) atoms. The molecule has 0 saturated heterocycles. The van der Waals surface area contributed by atoms with Crippen molar-refractivity contribution in [2.45, 2.75) is 44.4 Å². The highest BCUT2D eigenvalue weighted by Gasteiger charge is 2.44. The molecule has 6 nitrogen and oxygen atoms in total. The van der Waals surface area contributed by atoms with Crippen LogP contribution in [0.4, 0.5) is 5.69 Å². The van der Waals surface area contributed by atoms with E-state index < -0.39 is 6.17 Å². The SMILES string of the molecule is CCCCSc1nc([O-])c2[n+](n1)C(c1ccsc1)N(C(=O)CC)c1ccccc1-2. The lowest BCUT2D eigenvalue weighted by molar-refractivity contribution is -0.764. The Balaban J connectivity index is 1.94. The van der Waals surface area contributed by atoms with Crippen LogP contribution in [0, 0.1) is 0 Å². The molecule has 0 saturated carbocycles. The zero-order chi connectivity index (χ0) is 20.4. The van der Waals surface area contributed by atoms with E-state index in [2.05, 4.69) is 11.9 Å². The molecule has 1 unspecified atom stereocenters. The minimum Gasteiger partial charge on any atom is -0.854 e. The maximum atomic E-state index is 13.1. The molecule has 3 heterocycles. The summed E-state index contributed by atoms with van der Waals surface area (Å²) in [6, 6.07) is 9.47. The summed E-state index contributed by atoms with van der Waals surface area (Å²) in [5.74, 6) is 0.528. The number of thiophene rings is 1. The van der Waals surface area contributed by atoms with Gasteiger partial charge in [-0.2, -0.15) is 11.3 Å². The highest BCUT2D eigenvalue weighted by atomic mass is 32.2. The number of nitrogens with zero attached hydrogens (tertiary/aromatic N) is 4. The van der Waals surface area contributed by atoms with Gasteiger partial charge in [0.15, 0.2) is 0 Å². The largest absolute Gasteiger partial charge is 0.854 e. The first-order valence-electron chi connectivity index (χ1n) is 9.72. The van der Waals surface area contributed by atoms with E-state index in [4.69, 9.17) is 5.10 Å². The molecule has 1 aliphatic rings. The van der Waals surface area contributed by atoms with Crippen LogP contribution >= 0.6 is 23.1 Å². The normalized spacial score (nSPS) is 15.1. The van der Waals surface area contributed by atoms with Gasteiger partial charge in [0.1, 0.15) is 0 Å². The molecule has 8 heteroatoms. The van der Waals surface area contributed by atoms with E-state index in [-0.39, 0.29) is 11.8 Å². The van der Waals surface area contributed by atoms with Crippen molar-refractivity contribution >= 4 is 34.7 Å². The topological polar surface area (TPSA) is 73.0 Å². The molecule has 0 bridgehead atoms. The zero-order valence-corrected chi connectivity index (χ0v) is 18.0. The quantitative estimate of drug-likeness (QED) is 0.341. The van der Waals surface area contributed by atoms with E-state index >= 15 is 0 Å². The third-order valence-electron chi connectivity index (χ3n) is 4.86. The van der Waals surface area contributed by atoms with Gasteiger partial charge in [-0.15, -0.1) is 0 Å². The van der Waals surface area contributed by atoms with Crippen molar-refractivity contribution < 1.29 is 14.6 Å². The monoisotopic (exact) mass is 426 g/mol. The maximum absolute atomic E-state index is 13.1. The molecule has 0 aliphatic carbocycles. The Morgan fingerprint density at radius 3 is 2.86 bits per heavy atom. The summed E-state index contributed by atoms with van der Waals surface area (Å²) in [7, 11) is 0. The van der Waals surface area contributed by atoms with Gasteiger partial charge in [0.05, 0.1) is 22.7 Å². The zero-order valence-electron chi connectivity index (χ0n) is 16.4. The Labute approximate surface area is 178 Å². The number of carbonyl (C=O) groups excluding carboxylic acids is 1. The number of anilines is 1. The number of para-hydroxylation sites is 1. The van der Waals surface area contributed by atoms with Crippen LogP contribution in [0.3, 0.4) is 0 Å². The molecule has 1 amide bonds. The van der Waals surface area contributed by atoms with Crippen molar-refractivity contribution in [1.82, 2.24) is 10.1 Å². The second-order valence-corrected chi connectivity index (χ2v) is 8.60. The van der Waals surface area contributed by atoms with Crippen molar-refractivity contribution in [3.63, 3.8) is 0 Å². The maximum Gasteiger partial charge on any atom is 0.293 e. The second kappa shape index (κ2) is 8.51. The van der Waals surface area contributed by atoms with Crippen molar-refractivity contribution in [2.24, 2.45) is 0 Å². The van der Waals surface area contributed by atoms with Crippen molar-refractivity contribution in [2.75, 3.05) is 10.7 Å². The predicted molar refractivity (Wildman–Crippen MR) is 113 cm³/mol. The standard InChI is InChI=1S/C21H22N4O2S2/c1-3-5-11-29-21-22-19(27)18-15-8-6-7-9-16(15)24(17(26)4-2)20(25(18)23-21)14-10-12-28-13-14/h6-10,12-13,20H,3-5,11H2,1-2H3. The van der Waals surface area contributed by atoms with E-state index in [0.717, 1.165) is 29.8 Å². The highest BCUT2D eigenvalue weighted by molar-refractivity contribution is 7.99. The molecule has 0 spiro atoms. The van der Waals surface area contributed by atoms with Crippen LogP contribution in [0.5, 0.6) is 5.88 Å². The van der Waals surface area contributed by atoms with E-state index in [0.29, 0.717) is 22.8 Å². The molecule has 1 atom stereocenters. The van der Waals surface area contributed by atoms with E-state index in [1.165, 1.54) is 11.8 Å². The van der Waals surface area contributed by atoms with Gasteiger partial charge in [-0.3, -0.25) is 4.79 Å². The van der Waals surface area contributed by atoms with Crippen LogP contribution in [0.2, 0.25) is 0 Å². The fourth-order valence-corrected chi connectivity index (χ4v) is 5.05. The second-order valence-electron chi connectivity index (χ2n) is 6.76. The Kier molecular flexibility index (Phi) is 5.82. The molecule has 3 aromatic rings. The molecule has 0 fully saturated rings. The summed E-state index contributed by atoms with van der Waals surface area (Å²) in [4.78, 5) is 19.0. The van der Waals surface area contributed by atoms with Crippen molar-refractivity contribution in [3.05, 3.63) is 46.7 Å². The third-order valence-corrected chi connectivity index (χ3v) is 6.48. The third kappa shape index (κ3) is 3.62. The summed E-state index contributed by atoms with van der Waals surface area (Å²) in [6.45, 7) is 3.97. The number of rotatable bonds is 6. The Hall–Kier alpha value is -2.45. The average Bonchev–Trinajstić information content (AvgIpc) is 3.26. The number of thioether (sulfide) groups is 1. The van der Waals surface area contributed by atoms with E-state index in [1.807, 2.05) is 48.0 Å². The number of aromatic nitrogens is 3. The first kappa shape index (κ1) is 19.8. The molecule has 4 rings (SSSR count). The lowest BCUT2D eigenvalue weighted by atomic mass is 10.0. The van der Waals surface area contributed by atoms with Gasteiger partial charge in [-0.05, 0) is 30.0 Å². The number of fused-ring (bicyclic) bond motifs is 3. The lowest BCUT2D eigenvalue weighted by Crippen LogP contribution is -2.59. The number of carbonyl (C=O) groups is 1. The van der Waals surface area contributed by atoms with E-state index in [1.54, 1.807) is 20.9 Å². The smallest absolute Gasteiger partial charge is 0.293 e. The van der Waals surface area contributed by atoms with Crippen LogP contribution in [0.1, 0.15) is 44.8 Å². The Morgan fingerprint density at radius 2 is 2.14 bits per heavy atom. The number of hydrogen-bond donors (Lipinski definition) is 0.